The maximum atomic E-state index is 11.0. The minimum Gasteiger partial charge on any atom is -0.465 e. The van der Waals surface area contributed by atoms with E-state index in [-0.39, 0.29) is 11.8 Å². The van der Waals surface area contributed by atoms with Gasteiger partial charge in [0.05, 0.1) is 5.60 Å². The van der Waals surface area contributed by atoms with Crippen LogP contribution in [0.1, 0.15) is 18.4 Å². The number of benzene rings is 1. The Labute approximate surface area is 120 Å². The molecular weight excluding hydrogens is 310 g/mol. The van der Waals surface area contributed by atoms with Crippen molar-refractivity contribution in [2.75, 3.05) is 13.1 Å². The highest BCUT2D eigenvalue weighted by Crippen LogP contribution is 2.48. The van der Waals surface area contributed by atoms with Gasteiger partial charge in [0.1, 0.15) is 0 Å². The second kappa shape index (κ2) is 4.49. The van der Waals surface area contributed by atoms with E-state index in [1.807, 2.05) is 24.3 Å². The monoisotopic (exact) mass is 325 g/mol. The number of hydrogen-bond acceptors (Lipinski definition) is 2. The van der Waals surface area contributed by atoms with E-state index in [0.29, 0.717) is 25.9 Å². The molecule has 1 aromatic rings. The number of fused-ring (bicyclic) bond motifs is 1. The van der Waals surface area contributed by atoms with Gasteiger partial charge < -0.3 is 15.1 Å². The average Bonchev–Trinajstić information content (AvgIpc) is 2.85. The van der Waals surface area contributed by atoms with E-state index in [1.54, 1.807) is 0 Å². The van der Waals surface area contributed by atoms with Crippen LogP contribution in [0, 0.1) is 11.8 Å². The van der Waals surface area contributed by atoms with Gasteiger partial charge in [-0.15, -0.1) is 0 Å². The van der Waals surface area contributed by atoms with Crippen molar-refractivity contribution in [1.29, 1.82) is 0 Å². The van der Waals surface area contributed by atoms with Crippen LogP contribution in [0.3, 0.4) is 0 Å². The van der Waals surface area contributed by atoms with Crippen LogP contribution in [0.5, 0.6) is 0 Å². The number of rotatable bonds is 1. The molecule has 102 valence electrons. The van der Waals surface area contributed by atoms with Crippen molar-refractivity contribution in [3.05, 3.63) is 34.3 Å². The summed E-state index contributed by atoms with van der Waals surface area (Å²) in [6.45, 7) is 1.11. The minimum absolute atomic E-state index is 0.282. The highest BCUT2D eigenvalue weighted by molar-refractivity contribution is 9.10. The van der Waals surface area contributed by atoms with E-state index < -0.39 is 11.7 Å². The molecule has 1 unspecified atom stereocenters. The number of carboxylic acid groups (broad SMARTS) is 1. The number of carbonyl (C=O) groups is 1. The Morgan fingerprint density at radius 3 is 2.21 bits per heavy atom. The Morgan fingerprint density at radius 1 is 1.21 bits per heavy atom. The molecule has 2 aliphatic rings. The highest BCUT2D eigenvalue weighted by Gasteiger charge is 2.49. The number of aliphatic hydroxyl groups is 1. The predicted molar refractivity (Wildman–Crippen MR) is 73.9 cm³/mol. The molecule has 3 atom stereocenters. The summed E-state index contributed by atoms with van der Waals surface area (Å²) in [4.78, 5) is 12.4. The molecule has 1 saturated heterocycles. The number of halogens is 1. The fraction of sp³-hybridized carbons (Fsp3) is 0.500. The molecule has 1 aromatic carbocycles. The SMILES string of the molecule is O=C(O)N1C[C@@H]2CC(O)(c3ccc(Br)cc3)C[C@@H]2C1. The summed E-state index contributed by atoms with van der Waals surface area (Å²) >= 11 is 3.39. The lowest BCUT2D eigenvalue weighted by molar-refractivity contribution is 0.0314. The van der Waals surface area contributed by atoms with Gasteiger partial charge in [-0.05, 0) is 42.4 Å². The topological polar surface area (TPSA) is 60.8 Å². The number of hydrogen-bond donors (Lipinski definition) is 2. The van der Waals surface area contributed by atoms with E-state index in [0.717, 1.165) is 10.0 Å². The van der Waals surface area contributed by atoms with E-state index in [2.05, 4.69) is 15.9 Å². The summed E-state index contributed by atoms with van der Waals surface area (Å²) in [6.07, 6.45) is 0.466. The van der Waals surface area contributed by atoms with Gasteiger partial charge in [-0.2, -0.15) is 0 Å². The third kappa shape index (κ3) is 2.25. The molecule has 19 heavy (non-hydrogen) atoms. The summed E-state index contributed by atoms with van der Waals surface area (Å²) in [5, 5.41) is 19.8. The Bertz CT molecular complexity index is 488. The molecule has 1 aliphatic heterocycles. The summed E-state index contributed by atoms with van der Waals surface area (Å²) in [5.74, 6) is 0.564. The largest absolute Gasteiger partial charge is 0.465 e. The quantitative estimate of drug-likeness (QED) is 0.834. The summed E-state index contributed by atoms with van der Waals surface area (Å²) in [7, 11) is 0. The molecule has 2 N–H and O–H groups in total. The Kier molecular flexibility index (Phi) is 3.06. The van der Waals surface area contributed by atoms with Gasteiger partial charge in [-0.3, -0.25) is 0 Å². The van der Waals surface area contributed by atoms with Crippen molar-refractivity contribution in [2.24, 2.45) is 11.8 Å². The van der Waals surface area contributed by atoms with Crippen LogP contribution in [0.2, 0.25) is 0 Å². The van der Waals surface area contributed by atoms with Crippen molar-refractivity contribution in [2.45, 2.75) is 18.4 Å². The van der Waals surface area contributed by atoms with Crippen LogP contribution in [0.15, 0.2) is 28.7 Å². The van der Waals surface area contributed by atoms with E-state index in [1.165, 1.54) is 4.90 Å². The van der Waals surface area contributed by atoms with E-state index in [4.69, 9.17) is 5.11 Å². The lowest BCUT2D eigenvalue weighted by Gasteiger charge is -2.25. The fourth-order valence-corrected chi connectivity index (χ4v) is 3.77. The second-order valence-electron chi connectivity index (χ2n) is 5.65. The zero-order valence-corrected chi connectivity index (χ0v) is 12.0. The van der Waals surface area contributed by atoms with Crippen molar-refractivity contribution in [3.8, 4) is 0 Å². The highest BCUT2D eigenvalue weighted by atomic mass is 79.9. The third-order valence-corrected chi connectivity index (χ3v) is 4.96. The molecule has 2 fully saturated rings. The van der Waals surface area contributed by atoms with Crippen molar-refractivity contribution in [3.63, 3.8) is 0 Å². The molecule has 1 heterocycles. The van der Waals surface area contributed by atoms with Crippen LogP contribution in [-0.2, 0) is 5.60 Å². The van der Waals surface area contributed by atoms with Crippen molar-refractivity contribution >= 4 is 22.0 Å². The molecule has 4 nitrogen and oxygen atoms in total. The third-order valence-electron chi connectivity index (χ3n) is 4.43. The lowest BCUT2D eigenvalue weighted by atomic mass is 9.90. The van der Waals surface area contributed by atoms with Crippen LogP contribution >= 0.6 is 15.9 Å². The van der Waals surface area contributed by atoms with Gasteiger partial charge in [0.25, 0.3) is 0 Å². The average molecular weight is 326 g/mol. The summed E-state index contributed by atoms with van der Waals surface area (Å²) in [6, 6.07) is 7.76. The zero-order chi connectivity index (χ0) is 13.6. The van der Waals surface area contributed by atoms with E-state index in [9.17, 15) is 9.90 Å². The lowest BCUT2D eigenvalue weighted by Crippen LogP contribution is -2.31. The second-order valence-corrected chi connectivity index (χ2v) is 6.57. The smallest absolute Gasteiger partial charge is 0.407 e. The molecule has 0 spiro atoms. The van der Waals surface area contributed by atoms with E-state index >= 15 is 0 Å². The standard InChI is InChI=1S/C14H16BrNO3/c15-12-3-1-11(2-4-12)14(19)5-9-7-16(13(17)18)8-10(9)6-14/h1-4,9-10,19H,5-8H2,(H,17,18)/t9-,10+,14?. The van der Waals surface area contributed by atoms with Gasteiger partial charge in [0.15, 0.2) is 0 Å². The first-order chi connectivity index (χ1) is 8.98. The van der Waals surface area contributed by atoms with Crippen LogP contribution < -0.4 is 0 Å². The molecule has 0 bridgehead atoms. The van der Waals surface area contributed by atoms with Gasteiger partial charge in [0, 0.05) is 17.6 Å². The Morgan fingerprint density at radius 2 is 1.74 bits per heavy atom. The normalized spacial score (nSPS) is 33.5. The molecule has 3 rings (SSSR count). The summed E-state index contributed by atoms with van der Waals surface area (Å²) in [5.41, 5.74) is 0.146. The van der Waals surface area contributed by atoms with Crippen LogP contribution in [-0.4, -0.2) is 34.3 Å². The zero-order valence-electron chi connectivity index (χ0n) is 10.4. The Balaban J connectivity index is 1.77. The summed E-state index contributed by atoms with van der Waals surface area (Å²) < 4.78 is 0.995. The maximum absolute atomic E-state index is 11.0. The molecule has 1 aliphatic carbocycles. The molecule has 1 amide bonds. The molecular formula is C14H16BrNO3. The van der Waals surface area contributed by atoms with Crippen molar-refractivity contribution in [1.82, 2.24) is 4.90 Å². The van der Waals surface area contributed by atoms with Gasteiger partial charge in [0.2, 0.25) is 0 Å². The minimum atomic E-state index is -0.846. The molecule has 1 saturated carbocycles. The van der Waals surface area contributed by atoms with Crippen LogP contribution in [0.25, 0.3) is 0 Å². The van der Waals surface area contributed by atoms with Crippen LogP contribution in [0.4, 0.5) is 4.79 Å². The fourth-order valence-electron chi connectivity index (χ4n) is 3.50. The molecule has 0 aromatic heterocycles. The van der Waals surface area contributed by atoms with Gasteiger partial charge in [-0.25, -0.2) is 4.79 Å². The Hall–Kier alpha value is -1.07. The molecule has 5 heteroatoms. The van der Waals surface area contributed by atoms with Gasteiger partial charge >= 0.3 is 6.09 Å². The molecule has 0 radical (unpaired) electrons. The first-order valence-corrected chi connectivity index (χ1v) is 7.23. The van der Waals surface area contributed by atoms with Gasteiger partial charge in [-0.1, -0.05) is 28.1 Å². The number of amides is 1. The predicted octanol–water partition coefficient (Wildman–Crippen LogP) is 2.66. The first-order valence-electron chi connectivity index (χ1n) is 6.44. The number of likely N-dealkylation sites (tertiary alicyclic amines) is 1. The van der Waals surface area contributed by atoms with Crippen molar-refractivity contribution < 1.29 is 15.0 Å². The first kappa shape index (κ1) is 12.9. The number of nitrogens with zero attached hydrogens (tertiary/aromatic N) is 1. The maximum Gasteiger partial charge on any atom is 0.407 e.